The summed E-state index contributed by atoms with van der Waals surface area (Å²) >= 11 is 0. The summed E-state index contributed by atoms with van der Waals surface area (Å²) in [4.78, 5) is 0. The Balaban J connectivity index is 1.84. The number of hydrogen-bond donors (Lipinski definition) is 0. The molecule has 1 fully saturated rings. The van der Waals surface area contributed by atoms with Gasteiger partial charge in [-0.15, -0.1) is 0 Å². The molecule has 1 saturated heterocycles. The Hall–Kier alpha value is -1.37. The predicted octanol–water partition coefficient (Wildman–Crippen LogP) is 3.03. The van der Waals surface area contributed by atoms with Crippen molar-refractivity contribution in [1.82, 2.24) is 0 Å². The van der Waals surface area contributed by atoms with Crippen molar-refractivity contribution in [3.05, 3.63) is 35.1 Å². The monoisotopic (exact) mass is 248 g/mol. The molecule has 0 radical (unpaired) electrons. The Morgan fingerprint density at radius 1 is 1.39 bits per heavy atom. The molecule has 1 heterocycles. The summed E-state index contributed by atoms with van der Waals surface area (Å²) in [6.45, 7) is 2.93. The topological polar surface area (TPSA) is 18.5 Å². The summed E-state index contributed by atoms with van der Waals surface area (Å²) in [5.74, 6) is 5.53. The molecule has 18 heavy (non-hydrogen) atoms. The van der Waals surface area contributed by atoms with Crippen molar-refractivity contribution in [2.75, 3.05) is 13.2 Å². The average molecular weight is 248 g/mol. The van der Waals surface area contributed by atoms with Crippen molar-refractivity contribution in [2.24, 2.45) is 0 Å². The molecule has 0 amide bonds. The molecule has 0 aliphatic carbocycles. The standard InChI is InChI=1S/C15H17FO2/c1-12-9-13(11-14(16)10-12)5-4-8-18-15-6-2-3-7-17-15/h9-11,15H,2-3,6-8H2,1H3. The quantitative estimate of drug-likeness (QED) is 0.749. The SMILES string of the molecule is Cc1cc(F)cc(C#CCOC2CCCCO2)c1. The van der Waals surface area contributed by atoms with Crippen LogP contribution in [0.1, 0.15) is 30.4 Å². The molecular weight excluding hydrogens is 231 g/mol. The first-order valence-electron chi connectivity index (χ1n) is 6.23. The maximum absolute atomic E-state index is 13.1. The zero-order valence-electron chi connectivity index (χ0n) is 10.5. The number of benzene rings is 1. The van der Waals surface area contributed by atoms with E-state index in [-0.39, 0.29) is 12.1 Å². The highest BCUT2D eigenvalue weighted by molar-refractivity contribution is 5.37. The van der Waals surface area contributed by atoms with Gasteiger partial charge in [-0.2, -0.15) is 0 Å². The molecule has 0 N–H and O–H groups in total. The van der Waals surface area contributed by atoms with Crippen molar-refractivity contribution in [3.63, 3.8) is 0 Å². The van der Waals surface area contributed by atoms with Crippen LogP contribution in [0.3, 0.4) is 0 Å². The summed E-state index contributed by atoms with van der Waals surface area (Å²) in [5, 5.41) is 0. The van der Waals surface area contributed by atoms with Crippen LogP contribution in [0.4, 0.5) is 4.39 Å². The number of rotatable bonds is 2. The number of ether oxygens (including phenoxy) is 2. The first-order valence-corrected chi connectivity index (χ1v) is 6.23. The van der Waals surface area contributed by atoms with E-state index in [1.807, 2.05) is 13.0 Å². The van der Waals surface area contributed by atoms with E-state index in [1.165, 1.54) is 12.1 Å². The third-order valence-corrected chi connectivity index (χ3v) is 2.75. The molecule has 2 nitrogen and oxygen atoms in total. The van der Waals surface area contributed by atoms with Crippen LogP contribution in [0.2, 0.25) is 0 Å². The van der Waals surface area contributed by atoms with E-state index in [0.29, 0.717) is 12.2 Å². The van der Waals surface area contributed by atoms with Gasteiger partial charge in [-0.1, -0.05) is 11.8 Å². The second-order valence-corrected chi connectivity index (χ2v) is 4.43. The molecule has 0 aromatic heterocycles. The third-order valence-electron chi connectivity index (χ3n) is 2.75. The van der Waals surface area contributed by atoms with Gasteiger partial charge in [0, 0.05) is 12.2 Å². The Morgan fingerprint density at radius 3 is 3.00 bits per heavy atom. The smallest absolute Gasteiger partial charge is 0.158 e. The lowest BCUT2D eigenvalue weighted by Crippen LogP contribution is -2.22. The van der Waals surface area contributed by atoms with E-state index in [4.69, 9.17) is 9.47 Å². The van der Waals surface area contributed by atoms with Gasteiger partial charge in [-0.05, 0) is 49.9 Å². The summed E-state index contributed by atoms with van der Waals surface area (Å²) < 4.78 is 24.0. The molecular formula is C15H17FO2. The van der Waals surface area contributed by atoms with E-state index in [9.17, 15) is 4.39 Å². The Kier molecular flexibility index (Phi) is 4.74. The van der Waals surface area contributed by atoms with Crippen LogP contribution in [0.5, 0.6) is 0 Å². The van der Waals surface area contributed by atoms with Crippen LogP contribution >= 0.6 is 0 Å². The maximum Gasteiger partial charge on any atom is 0.158 e. The average Bonchev–Trinajstić information content (AvgIpc) is 2.35. The minimum Gasteiger partial charge on any atom is -0.353 e. The van der Waals surface area contributed by atoms with E-state index in [1.54, 1.807) is 0 Å². The van der Waals surface area contributed by atoms with Crippen LogP contribution in [-0.4, -0.2) is 19.5 Å². The lowest BCUT2D eigenvalue weighted by Gasteiger charge is -2.21. The second-order valence-electron chi connectivity index (χ2n) is 4.43. The fourth-order valence-electron chi connectivity index (χ4n) is 1.92. The zero-order valence-corrected chi connectivity index (χ0v) is 10.5. The first kappa shape index (κ1) is 13.1. The molecule has 3 heteroatoms. The Labute approximate surface area is 107 Å². The number of halogens is 1. The fourth-order valence-corrected chi connectivity index (χ4v) is 1.92. The van der Waals surface area contributed by atoms with Gasteiger partial charge in [-0.3, -0.25) is 0 Å². The highest BCUT2D eigenvalue weighted by Crippen LogP contribution is 2.13. The van der Waals surface area contributed by atoms with E-state index in [2.05, 4.69) is 11.8 Å². The molecule has 0 spiro atoms. The van der Waals surface area contributed by atoms with Crippen LogP contribution in [0.15, 0.2) is 18.2 Å². The molecule has 1 aliphatic heterocycles. The molecule has 96 valence electrons. The van der Waals surface area contributed by atoms with Crippen molar-refractivity contribution >= 4 is 0 Å². The third kappa shape index (κ3) is 4.14. The van der Waals surface area contributed by atoms with Crippen molar-refractivity contribution in [1.29, 1.82) is 0 Å². The van der Waals surface area contributed by atoms with E-state index >= 15 is 0 Å². The molecule has 1 aliphatic rings. The molecule has 1 unspecified atom stereocenters. The maximum atomic E-state index is 13.1. The van der Waals surface area contributed by atoms with Crippen molar-refractivity contribution in [2.45, 2.75) is 32.5 Å². The molecule has 0 bridgehead atoms. The molecule has 2 rings (SSSR count). The first-order chi connectivity index (χ1) is 8.74. The van der Waals surface area contributed by atoms with Crippen LogP contribution in [-0.2, 0) is 9.47 Å². The molecule has 1 atom stereocenters. The zero-order chi connectivity index (χ0) is 12.8. The van der Waals surface area contributed by atoms with Crippen LogP contribution in [0.25, 0.3) is 0 Å². The summed E-state index contributed by atoms with van der Waals surface area (Å²) in [7, 11) is 0. The predicted molar refractivity (Wildman–Crippen MR) is 67.6 cm³/mol. The molecule has 1 aromatic carbocycles. The van der Waals surface area contributed by atoms with Crippen molar-refractivity contribution in [3.8, 4) is 11.8 Å². The largest absolute Gasteiger partial charge is 0.353 e. The molecule has 0 saturated carbocycles. The Bertz CT molecular complexity index is 433. The van der Waals surface area contributed by atoms with Gasteiger partial charge in [0.15, 0.2) is 6.29 Å². The van der Waals surface area contributed by atoms with Gasteiger partial charge in [0.2, 0.25) is 0 Å². The van der Waals surface area contributed by atoms with Gasteiger partial charge in [0.1, 0.15) is 12.4 Å². The van der Waals surface area contributed by atoms with Gasteiger partial charge in [0.05, 0.1) is 0 Å². The highest BCUT2D eigenvalue weighted by Gasteiger charge is 2.12. The van der Waals surface area contributed by atoms with Crippen LogP contribution < -0.4 is 0 Å². The minimum absolute atomic E-state index is 0.123. The normalized spacial score (nSPS) is 19.1. The van der Waals surface area contributed by atoms with Gasteiger partial charge in [0.25, 0.3) is 0 Å². The summed E-state index contributed by atoms with van der Waals surface area (Å²) in [6.07, 6.45) is 3.05. The Morgan fingerprint density at radius 2 is 2.28 bits per heavy atom. The van der Waals surface area contributed by atoms with Crippen molar-refractivity contribution < 1.29 is 13.9 Å². The lowest BCUT2D eigenvalue weighted by molar-refractivity contribution is -0.154. The van der Waals surface area contributed by atoms with Gasteiger partial charge < -0.3 is 9.47 Å². The fraction of sp³-hybridized carbons (Fsp3) is 0.467. The van der Waals surface area contributed by atoms with E-state index in [0.717, 1.165) is 31.4 Å². The minimum atomic E-state index is -0.254. The summed E-state index contributed by atoms with van der Waals surface area (Å²) in [5.41, 5.74) is 1.55. The second kappa shape index (κ2) is 6.53. The number of hydrogen-bond acceptors (Lipinski definition) is 2. The van der Waals surface area contributed by atoms with Gasteiger partial charge >= 0.3 is 0 Å². The number of aryl methyl sites for hydroxylation is 1. The lowest BCUT2D eigenvalue weighted by atomic mass is 10.1. The molecule has 1 aromatic rings. The van der Waals surface area contributed by atoms with Gasteiger partial charge in [-0.25, -0.2) is 4.39 Å². The van der Waals surface area contributed by atoms with E-state index < -0.39 is 0 Å². The van der Waals surface area contributed by atoms with Crippen LogP contribution in [0, 0.1) is 24.6 Å². The summed E-state index contributed by atoms with van der Waals surface area (Å²) in [6, 6.07) is 4.77. The highest BCUT2D eigenvalue weighted by atomic mass is 19.1.